The molecular formula is C24H29NO5. The van der Waals surface area contributed by atoms with Gasteiger partial charge in [0.2, 0.25) is 0 Å². The Hall–Kier alpha value is -2.73. The average molecular weight is 411 g/mol. The summed E-state index contributed by atoms with van der Waals surface area (Å²) >= 11 is 0. The molecule has 0 radical (unpaired) electrons. The molecule has 6 heteroatoms. The minimum absolute atomic E-state index is 0.00467. The Bertz CT molecular complexity index is 947. The highest BCUT2D eigenvalue weighted by molar-refractivity contribution is 5.97. The zero-order valence-corrected chi connectivity index (χ0v) is 18.1. The second-order valence-electron chi connectivity index (χ2n) is 7.95. The van der Waals surface area contributed by atoms with Crippen molar-refractivity contribution in [1.82, 2.24) is 4.90 Å². The highest BCUT2D eigenvalue weighted by Gasteiger charge is 2.42. The van der Waals surface area contributed by atoms with Crippen LogP contribution in [0.1, 0.15) is 39.9 Å². The second kappa shape index (κ2) is 8.19. The molecule has 1 fully saturated rings. The predicted molar refractivity (Wildman–Crippen MR) is 114 cm³/mol. The van der Waals surface area contributed by atoms with Gasteiger partial charge in [-0.05, 0) is 67.1 Å². The first-order valence-electron chi connectivity index (χ1n) is 10.3. The first kappa shape index (κ1) is 20.5. The Labute approximate surface area is 177 Å². The molecule has 30 heavy (non-hydrogen) atoms. The van der Waals surface area contributed by atoms with E-state index in [1.54, 1.807) is 21.3 Å². The lowest BCUT2D eigenvalue weighted by Crippen LogP contribution is -2.48. The predicted octanol–water partition coefficient (Wildman–Crippen LogP) is 3.73. The SMILES string of the molecule is COc1cc2c(cc1OC)C1(CCN(C(=O)c3ccc(C)cc3OC)CC1)OCC2. The lowest BCUT2D eigenvalue weighted by Gasteiger charge is -2.45. The van der Waals surface area contributed by atoms with E-state index in [0.29, 0.717) is 36.8 Å². The fourth-order valence-corrected chi connectivity index (χ4v) is 4.62. The lowest BCUT2D eigenvalue weighted by atomic mass is 9.79. The van der Waals surface area contributed by atoms with Gasteiger partial charge in [-0.15, -0.1) is 0 Å². The monoisotopic (exact) mass is 411 g/mol. The van der Waals surface area contributed by atoms with E-state index in [1.165, 1.54) is 5.56 Å². The summed E-state index contributed by atoms with van der Waals surface area (Å²) in [5.41, 5.74) is 3.68. The summed E-state index contributed by atoms with van der Waals surface area (Å²) in [6, 6.07) is 9.81. The number of piperidine rings is 1. The van der Waals surface area contributed by atoms with Crippen molar-refractivity contribution in [1.29, 1.82) is 0 Å². The molecule has 4 rings (SSSR count). The number of nitrogens with zero attached hydrogens (tertiary/aromatic N) is 1. The molecule has 1 saturated heterocycles. The Morgan fingerprint density at radius 2 is 1.63 bits per heavy atom. The first-order chi connectivity index (χ1) is 14.5. The molecule has 2 aromatic carbocycles. The third kappa shape index (κ3) is 3.49. The van der Waals surface area contributed by atoms with Crippen LogP contribution < -0.4 is 14.2 Å². The minimum Gasteiger partial charge on any atom is -0.496 e. The number of benzene rings is 2. The van der Waals surface area contributed by atoms with E-state index in [1.807, 2.05) is 36.1 Å². The number of fused-ring (bicyclic) bond motifs is 2. The van der Waals surface area contributed by atoms with Crippen LogP contribution in [0.2, 0.25) is 0 Å². The molecule has 6 nitrogen and oxygen atoms in total. The summed E-state index contributed by atoms with van der Waals surface area (Å²) in [5.74, 6) is 2.08. The van der Waals surface area contributed by atoms with Crippen molar-refractivity contribution in [2.45, 2.75) is 31.8 Å². The van der Waals surface area contributed by atoms with Gasteiger partial charge in [0.15, 0.2) is 11.5 Å². The summed E-state index contributed by atoms with van der Waals surface area (Å²) in [6.45, 7) is 3.91. The zero-order chi connectivity index (χ0) is 21.3. The van der Waals surface area contributed by atoms with Crippen molar-refractivity contribution in [2.75, 3.05) is 41.0 Å². The third-order valence-corrected chi connectivity index (χ3v) is 6.30. The zero-order valence-electron chi connectivity index (χ0n) is 18.1. The lowest BCUT2D eigenvalue weighted by molar-refractivity contribution is -0.0936. The van der Waals surface area contributed by atoms with Crippen LogP contribution in [0.3, 0.4) is 0 Å². The van der Waals surface area contributed by atoms with Crippen molar-refractivity contribution in [3.05, 3.63) is 52.6 Å². The van der Waals surface area contributed by atoms with Gasteiger partial charge in [0.1, 0.15) is 5.75 Å². The van der Waals surface area contributed by atoms with Gasteiger partial charge >= 0.3 is 0 Å². The quantitative estimate of drug-likeness (QED) is 0.767. The van der Waals surface area contributed by atoms with Crippen molar-refractivity contribution in [3.8, 4) is 17.2 Å². The maximum atomic E-state index is 13.2. The third-order valence-electron chi connectivity index (χ3n) is 6.30. The summed E-state index contributed by atoms with van der Waals surface area (Å²) < 4.78 is 22.8. The van der Waals surface area contributed by atoms with Crippen LogP contribution in [0.25, 0.3) is 0 Å². The number of ether oxygens (including phenoxy) is 4. The van der Waals surface area contributed by atoms with E-state index in [2.05, 4.69) is 6.07 Å². The second-order valence-corrected chi connectivity index (χ2v) is 7.95. The Morgan fingerprint density at radius 3 is 2.30 bits per heavy atom. The standard InChI is InChI=1S/C24H29NO5/c1-16-5-6-18(20(13-16)27-2)23(26)25-10-8-24(9-11-25)19-15-22(29-4)21(28-3)14-17(19)7-12-30-24/h5-6,13-15H,7-12H2,1-4H3. The van der Waals surface area contributed by atoms with E-state index in [9.17, 15) is 4.79 Å². The molecule has 1 amide bonds. The molecule has 2 aromatic rings. The highest BCUT2D eigenvalue weighted by Crippen LogP contribution is 2.45. The maximum absolute atomic E-state index is 13.2. The van der Waals surface area contributed by atoms with Gasteiger partial charge in [-0.25, -0.2) is 0 Å². The maximum Gasteiger partial charge on any atom is 0.257 e. The average Bonchev–Trinajstić information content (AvgIpc) is 2.78. The molecule has 0 bridgehead atoms. The fraction of sp³-hybridized carbons (Fsp3) is 0.458. The van der Waals surface area contributed by atoms with Gasteiger partial charge in [0, 0.05) is 13.1 Å². The van der Waals surface area contributed by atoms with Gasteiger partial charge in [-0.1, -0.05) is 6.07 Å². The molecular weight excluding hydrogens is 382 g/mol. The number of carbonyl (C=O) groups excluding carboxylic acids is 1. The topological polar surface area (TPSA) is 57.2 Å². The Balaban J connectivity index is 1.57. The van der Waals surface area contributed by atoms with E-state index in [-0.39, 0.29) is 11.5 Å². The molecule has 2 aliphatic heterocycles. The number of aryl methyl sites for hydroxylation is 1. The fourth-order valence-electron chi connectivity index (χ4n) is 4.62. The normalized spacial score (nSPS) is 17.4. The molecule has 0 aliphatic carbocycles. The molecule has 2 aliphatic rings. The summed E-state index contributed by atoms with van der Waals surface area (Å²) in [4.78, 5) is 15.1. The number of carbonyl (C=O) groups is 1. The van der Waals surface area contributed by atoms with Crippen LogP contribution in [-0.2, 0) is 16.8 Å². The summed E-state index contributed by atoms with van der Waals surface area (Å²) in [6.07, 6.45) is 2.34. The number of methoxy groups -OCH3 is 3. The van der Waals surface area contributed by atoms with Crippen LogP contribution in [0.5, 0.6) is 17.2 Å². The number of hydrogen-bond donors (Lipinski definition) is 0. The van der Waals surface area contributed by atoms with E-state index < -0.39 is 0 Å². The van der Waals surface area contributed by atoms with Crippen LogP contribution in [0, 0.1) is 6.92 Å². The molecule has 0 aromatic heterocycles. The summed E-state index contributed by atoms with van der Waals surface area (Å²) in [7, 11) is 4.91. The number of hydrogen-bond acceptors (Lipinski definition) is 5. The molecule has 0 N–H and O–H groups in total. The van der Waals surface area contributed by atoms with Gasteiger partial charge in [-0.3, -0.25) is 4.79 Å². The van der Waals surface area contributed by atoms with Crippen molar-refractivity contribution < 1.29 is 23.7 Å². The number of likely N-dealkylation sites (tertiary alicyclic amines) is 1. The van der Waals surface area contributed by atoms with E-state index >= 15 is 0 Å². The smallest absolute Gasteiger partial charge is 0.257 e. The number of amides is 1. The van der Waals surface area contributed by atoms with Crippen molar-refractivity contribution in [2.24, 2.45) is 0 Å². The number of rotatable bonds is 4. The van der Waals surface area contributed by atoms with Crippen LogP contribution >= 0.6 is 0 Å². The van der Waals surface area contributed by atoms with Gasteiger partial charge in [0.25, 0.3) is 5.91 Å². The van der Waals surface area contributed by atoms with Crippen LogP contribution in [0.4, 0.5) is 0 Å². The Morgan fingerprint density at radius 1 is 0.967 bits per heavy atom. The largest absolute Gasteiger partial charge is 0.496 e. The van der Waals surface area contributed by atoms with Gasteiger partial charge in [-0.2, -0.15) is 0 Å². The van der Waals surface area contributed by atoms with Gasteiger partial charge in [0.05, 0.1) is 39.1 Å². The molecule has 0 saturated carbocycles. The molecule has 0 atom stereocenters. The van der Waals surface area contributed by atoms with Crippen LogP contribution in [0.15, 0.2) is 30.3 Å². The molecule has 2 heterocycles. The van der Waals surface area contributed by atoms with E-state index in [4.69, 9.17) is 18.9 Å². The first-order valence-corrected chi connectivity index (χ1v) is 10.3. The summed E-state index contributed by atoms with van der Waals surface area (Å²) in [5, 5.41) is 0. The molecule has 160 valence electrons. The highest BCUT2D eigenvalue weighted by atomic mass is 16.5. The van der Waals surface area contributed by atoms with Crippen molar-refractivity contribution in [3.63, 3.8) is 0 Å². The van der Waals surface area contributed by atoms with Gasteiger partial charge < -0.3 is 23.8 Å². The molecule has 1 spiro atoms. The van der Waals surface area contributed by atoms with E-state index in [0.717, 1.165) is 36.1 Å². The minimum atomic E-state index is -0.388. The Kier molecular flexibility index (Phi) is 5.60. The molecule has 0 unspecified atom stereocenters. The van der Waals surface area contributed by atoms with Crippen LogP contribution in [-0.4, -0.2) is 51.8 Å². The van der Waals surface area contributed by atoms with Crippen molar-refractivity contribution >= 4 is 5.91 Å².